The topological polar surface area (TPSA) is 41.1 Å². The molecule has 0 aromatic carbocycles. The highest BCUT2D eigenvalue weighted by atomic mass is 16.2. The van der Waals surface area contributed by atoms with Crippen molar-refractivity contribution >= 4 is 5.91 Å². The molecule has 1 aliphatic heterocycles. The van der Waals surface area contributed by atoms with Crippen molar-refractivity contribution in [1.29, 1.82) is 0 Å². The molecule has 0 aromatic heterocycles. The summed E-state index contributed by atoms with van der Waals surface area (Å²) in [5.74, 6) is 1.02. The molecule has 0 aromatic rings. The zero-order valence-electron chi connectivity index (χ0n) is 13.1. The molecule has 3 heteroatoms. The Morgan fingerprint density at radius 3 is 2.70 bits per heavy atom. The summed E-state index contributed by atoms with van der Waals surface area (Å²) in [4.78, 5) is 12.5. The summed E-state index contributed by atoms with van der Waals surface area (Å²) in [7, 11) is 0. The summed E-state index contributed by atoms with van der Waals surface area (Å²) in [5, 5.41) is 6.92. The van der Waals surface area contributed by atoms with Gasteiger partial charge >= 0.3 is 0 Å². The molecule has 3 nitrogen and oxygen atoms in total. The van der Waals surface area contributed by atoms with E-state index in [1.54, 1.807) is 0 Å². The van der Waals surface area contributed by atoms with Crippen LogP contribution in [-0.2, 0) is 4.79 Å². The van der Waals surface area contributed by atoms with E-state index in [1.165, 1.54) is 38.5 Å². The van der Waals surface area contributed by atoms with Crippen molar-refractivity contribution in [3.05, 3.63) is 0 Å². The second-order valence-corrected chi connectivity index (χ2v) is 8.07. The third-order valence-electron chi connectivity index (χ3n) is 5.73. The minimum absolute atomic E-state index is 0.0770. The van der Waals surface area contributed by atoms with Gasteiger partial charge in [0.15, 0.2) is 0 Å². The lowest BCUT2D eigenvalue weighted by Crippen LogP contribution is -2.48. The van der Waals surface area contributed by atoms with Crippen molar-refractivity contribution in [2.75, 3.05) is 0 Å². The second kappa shape index (κ2) is 5.67. The smallest absolute Gasteiger partial charge is 0.237 e. The number of fused-ring (bicyclic) bond motifs is 1. The Kier molecular flexibility index (Phi) is 4.07. The number of rotatable bonds is 2. The maximum Gasteiger partial charge on any atom is 0.237 e. The van der Waals surface area contributed by atoms with Gasteiger partial charge in [0.25, 0.3) is 0 Å². The molecule has 1 heterocycles. The van der Waals surface area contributed by atoms with E-state index in [0.717, 1.165) is 25.2 Å². The molecule has 4 unspecified atom stereocenters. The molecule has 3 fully saturated rings. The molecule has 3 aliphatic rings. The Morgan fingerprint density at radius 2 is 1.95 bits per heavy atom. The second-order valence-electron chi connectivity index (χ2n) is 8.07. The van der Waals surface area contributed by atoms with Crippen molar-refractivity contribution in [3.8, 4) is 0 Å². The Morgan fingerprint density at radius 1 is 1.15 bits per heavy atom. The van der Waals surface area contributed by atoms with E-state index in [0.29, 0.717) is 17.5 Å². The number of nitrogens with one attached hydrogen (secondary N) is 2. The van der Waals surface area contributed by atoms with Crippen LogP contribution < -0.4 is 10.6 Å². The van der Waals surface area contributed by atoms with Crippen molar-refractivity contribution in [2.45, 2.75) is 89.8 Å². The third-order valence-corrected chi connectivity index (χ3v) is 5.73. The first kappa shape index (κ1) is 14.4. The Hall–Kier alpha value is -0.570. The number of amides is 1. The molecule has 1 amide bonds. The van der Waals surface area contributed by atoms with E-state index >= 15 is 0 Å². The number of carbonyl (C=O) groups excluding carboxylic acids is 1. The van der Waals surface area contributed by atoms with Crippen LogP contribution in [0.1, 0.15) is 71.6 Å². The summed E-state index contributed by atoms with van der Waals surface area (Å²) in [6.07, 6.45) is 11.2. The van der Waals surface area contributed by atoms with Crippen molar-refractivity contribution in [3.63, 3.8) is 0 Å². The molecule has 2 N–H and O–H groups in total. The average molecular weight is 278 g/mol. The Balaban J connectivity index is 1.52. The van der Waals surface area contributed by atoms with Crippen LogP contribution in [-0.4, -0.2) is 24.0 Å². The van der Waals surface area contributed by atoms with Gasteiger partial charge in [0.1, 0.15) is 0 Å². The van der Waals surface area contributed by atoms with Gasteiger partial charge in [0, 0.05) is 12.1 Å². The van der Waals surface area contributed by atoms with Crippen LogP contribution in [0.2, 0.25) is 0 Å². The van der Waals surface area contributed by atoms with Gasteiger partial charge in [-0.3, -0.25) is 4.79 Å². The standard InChI is InChI=1S/C17H30N2O/c1-17(2)9-5-7-13(11-17)18-16(20)15-10-12-6-3-4-8-14(12)19-15/h12-15,19H,3-11H2,1-2H3,(H,18,20). The van der Waals surface area contributed by atoms with Crippen LogP contribution in [0.5, 0.6) is 0 Å². The number of carbonyl (C=O) groups is 1. The maximum absolute atomic E-state index is 12.5. The van der Waals surface area contributed by atoms with Crippen molar-refractivity contribution in [1.82, 2.24) is 10.6 Å². The van der Waals surface area contributed by atoms with Gasteiger partial charge in [0.2, 0.25) is 5.91 Å². The van der Waals surface area contributed by atoms with Crippen molar-refractivity contribution < 1.29 is 4.79 Å². The quantitative estimate of drug-likeness (QED) is 0.815. The van der Waals surface area contributed by atoms with Gasteiger partial charge in [-0.05, 0) is 49.9 Å². The van der Waals surface area contributed by atoms with Crippen LogP contribution in [0.25, 0.3) is 0 Å². The molecule has 1 saturated heterocycles. The predicted molar refractivity (Wildman–Crippen MR) is 81.5 cm³/mol. The monoisotopic (exact) mass is 278 g/mol. The molecule has 3 rings (SSSR count). The summed E-state index contributed by atoms with van der Waals surface area (Å²) in [5.41, 5.74) is 0.396. The molecule has 0 radical (unpaired) electrons. The first-order chi connectivity index (χ1) is 9.53. The SMILES string of the molecule is CC1(C)CCCC(NC(=O)C2CC3CCCCC3N2)C1. The van der Waals surface area contributed by atoms with Gasteiger partial charge in [-0.15, -0.1) is 0 Å². The lowest BCUT2D eigenvalue weighted by atomic mass is 9.75. The fourth-order valence-electron chi connectivity index (χ4n) is 4.64. The number of hydrogen-bond donors (Lipinski definition) is 2. The van der Waals surface area contributed by atoms with Crippen LogP contribution in [0.3, 0.4) is 0 Å². The predicted octanol–water partition coefficient (Wildman–Crippen LogP) is 2.99. The largest absolute Gasteiger partial charge is 0.352 e. The van der Waals surface area contributed by atoms with E-state index in [-0.39, 0.29) is 11.9 Å². The molecule has 114 valence electrons. The third kappa shape index (κ3) is 3.19. The lowest BCUT2D eigenvalue weighted by Gasteiger charge is -2.36. The zero-order valence-corrected chi connectivity index (χ0v) is 13.1. The fourth-order valence-corrected chi connectivity index (χ4v) is 4.64. The Bertz CT molecular complexity index is 352. The van der Waals surface area contributed by atoms with Crippen LogP contribution in [0.15, 0.2) is 0 Å². The molecule has 0 spiro atoms. The van der Waals surface area contributed by atoms with Crippen LogP contribution in [0, 0.1) is 11.3 Å². The summed E-state index contributed by atoms with van der Waals surface area (Å²) >= 11 is 0. The molecule has 2 saturated carbocycles. The van der Waals surface area contributed by atoms with Gasteiger partial charge < -0.3 is 10.6 Å². The van der Waals surface area contributed by atoms with Gasteiger partial charge in [-0.2, -0.15) is 0 Å². The molecule has 2 aliphatic carbocycles. The highest BCUT2D eigenvalue weighted by Crippen LogP contribution is 2.36. The highest BCUT2D eigenvalue weighted by molar-refractivity contribution is 5.82. The number of hydrogen-bond acceptors (Lipinski definition) is 2. The molecular weight excluding hydrogens is 248 g/mol. The van der Waals surface area contributed by atoms with Crippen LogP contribution in [0.4, 0.5) is 0 Å². The van der Waals surface area contributed by atoms with E-state index in [2.05, 4.69) is 24.5 Å². The van der Waals surface area contributed by atoms with Gasteiger partial charge in [-0.1, -0.05) is 33.1 Å². The first-order valence-electron chi connectivity index (χ1n) is 8.60. The average Bonchev–Trinajstić information content (AvgIpc) is 2.81. The van der Waals surface area contributed by atoms with E-state index in [9.17, 15) is 4.79 Å². The van der Waals surface area contributed by atoms with E-state index < -0.39 is 0 Å². The maximum atomic E-state index is 12.5. The normalized spacial score (nSPS) is 40.1. The summed E-state index contributed by atoms with van der Waals surface area (Å²) in [6.45, 7) is 4.65. The minimum Gasteiger partial charge on any atom is -0.352 e. The zero-order chi connectivity index (χ0) is 14.2. The first-order valence-corrected chi connectivity index (χ1v) is 8.60. The van der Waals surface area contributed by atoms with E-state index in [1.807, 2.05) is 0 Å². The minimum atomic E-state index is 0.0770. The fraction of sp³-hybridized carbons (Fsp3) is 0.941. The van der Waals surface area contributed by atoms with Crippen molar-refractivity contribution in [2.24, 2.45) is 11.3 Å². The summed E-state index contributed by atoms with van der Waals surface area (Å²) < 4.78 is 0. The van der Waals surface area contributed by atoms with Gasteiger partial charge in [-0.25, -0.2) is 0 Å². The highest BCUT2D eigenvalue weighted by Gasteiger charge is 2.39. The lowest BCUT2D eigenvalue weighted by molar-refractivity contribution is -0.124. The van der Waals surface area contributed by atoms with E-state index in [4.69, 9.17) is 0 Å². The Labute approximate surface area is 123 Å². The molecule has 0 bridgehead atoms. The van der Waals surface area contributed by atoms with Crippen LogP contribution >= 0.6 is 0 Å². The molecular formula is C17H30N2O. The molecule has 4 atom stereocenters. The van der Waals surface area contributed by atoms with Gasteiger partial charge in [0.05, 0.1) is 6.04 Å². The summed E-state index contributed by atoms with van der Waals surface area (Å²) in [6, 6.07) is 1.09. The molecule has 20 heavy (non-hydrogen) atoms.